The van der Waals surface area contributed by atoms with Gasteiger partial charge >= 0.3 is 12.0 Å². The highest BCUT2D eigenvalue weighted by atomic mass is 16.5. The lowest BCUT2D eigenvalue weighted by Gasteiger charge is -2.32. The fraction of sp³-hybridized carbons (Fsp3) is 0.647. The van der Waals surface area contributed by atoms with E-state index in [1.807, 2.05) is 10.8 Å². The molecule has 0 spiro atoms. The minimum Gasteiger partial charge on any atom is -0.383 e. The third kappa shape index (κ3) is 2.31. The lowest BCUT2D eigenvalue weighted by atomic mass is 10.1. The number of rotatable bonds is 4. The van der Waals surface area contributed by atoms with E-state index in [1.165, 1.54) is 22.6 Å². The molecule has 3 heterocycles. The Morgan fingerprint density at radius 3 is 2.72 bits per heavy atom. The quantitative estimate of drug-likeness (QED) is 0.772. The number of imidazole rings is 1. The van der Waals surface area contributed by atoms with Crippen molar-refractivity contribution in [2.24, 2.45) is 4.99 Å². The summed E-state index contributed by atoms with van der Waals surface area (Å²) in [5.74, 6) is 1.07. The number of urea groups is 1. The number of imide groups is 1. The van der Waals surface area contributed by atoms with Crippen LogP contribution in [0.15, 0.2) is 11.2 Å². The number of amides is 3. The molecule has 8 nitrogen and oxygen atoms in total. The fourth-order valence-corrected chi connectivity index (χ4v) is 4.20. The average molecular weight is 346 g/mol. The maximum absolute atomic E-state index is 13.0. The smallest absolute Gasteiger partial charge is 0.383 e. The van der Waals surface area contributed by atoms with Crippen LogP contribution >= 0.6 is 0 Å². The molecule has 0 radical (unpaired) electrons. The number of carbonyl (C=O) groups is 2. The summed E-state index contributed by atoms with van der Waals surface area (Å²) >= 11 is 0. The van der Waals surface area contributed by atoms with Gasteiger partial charge in [0.15, 0.2) is 0 Å². The molecule has 3 amide bonds. The lowest BCUT2D eigenvalue weighted by Crippen LogP contribution is -2.63. The molecule has 1 aromatic rings. The number of aryl methyl sites for hydroxylation is 1. The monoisotopic (exact) mass is 346 g/mol. The van der Waals surface area contributed by atoms with E-state index >= 15 is 0 Å². The number of likely N-dealkylation sites (N-methyl/N-ethyl adjacent to an activating group) is 1. The molecular formula is C17H24N5O3+. The SMILES string of the molecule is COCCN1C(=O)C2C(=Nc3n(C4CCCC4)c(C)c[n+]32)N(C)C1=O. The van der Waals surface area contributed by atoms with Crippen LogP contribution in [0, 0.1) is 6.92 Å². The number of carbonyl (C=O) groups excluding carboxylic acids is 2. The maximum atomic E-state index is 13.0. The first-order valence-electron chi connectivity index (χ1n) is 8.84. The van der Waals surface area contributed by atoms with E-state index in [0.29, 0.717) is 18.5 Å². The predicted octanol–water partition coefficient (Wildman–Crippen LogP) is 1.32. The minimum absolute atomic E-state index is 0.230. The van der Waals surface area contributed by atoms with Gasteiger partial charge in [-0.2, -0.15) is 0 Å². The summed E-state index contributed by atoms with van der Waals surface area (Å²) in [6, 6.07) is -0.468. The maximum Gasteiger partial charge on any atom is 0.402 e. The number of hydrogen-bond donors (Lipinski definition) is 0. The second-order valence-corrected chi connectivity index (χ2v) is 6.98. The summed E-state index contributed by atoms with van der Waals surface area (Å²) in [4.78, 5) is 33.0. The number of ether oxygens (including phenoxy) is 1. The van der Waals surface area contributed by atoms with Crippen LogP contribution in [0.5, 0.6) is 0 Å². The second-order valence-electron chi connectivity index (χ2n) is 6.98. The molecule has 1 aliphatic carbocycles. The Bertz CT molecular complexity index is 763. The molecule has 1 atom stereocenters. The van der Waals surface area contributed by atoms with Crippen LogP contribution in [0.25, 0.3) is 0 Å². The molecule has 8 heteroatoms. The molecule has 1 aromatic heterocycles. The largest absolute Gasteiger partial charge is 0.402 e. The summed E-state index contributed by atoms with van der Waals surface area (Å²) < 4.78 is 9.21. The molecule has 4 rings (SSSR count). The number of hydrogen-bond acceptors (Lipinski definition) is 4. The highest BCUT2D eigenvalue weighted by molar-refractivity contribution is 6.19. The van der Waals surface area contributed by atoms with Crippen molar-refractivity contribution in [2.45, 2.75) is 44.7 Å². The zero-order chi connectivity index (χ0) is 17.7. The molecule has 1 unspecified atom stereocenters. The number of fused-ring (bicyclic) bond motifs is 3. The van der Waals surface area contributed by atoms with Crippen LogP contribution in [0.4, 0.5) is 10.7 Å². The highest BCUT2D eigenvalue weighted by Crippen LogP contribution is 2.36. The first-order chi connectivity index (χ1) is 12.0. The van der Waals surface area contributed by atoms with Gasteiger partial charge in [0, 0.05) is 14.2 Å². The molecule has 134 valence electrons. The first kappa shape index (κ1) is 16.3. The van der Waals surface area contributed by atoms with Gasteiger partial charge in [0.1, 0.15) is 11.9 Å². The summed E-state index contributed by atoms with van der Waals surface area (Å²) in [6.07, 6.45) is 6.72. The van der Waals surface area contributed by atoms with Crippen LogP contribution in [0.2, 0.25) is 0 Å². The summed E-state index contributed by atoms with van der Waals surface area (Å²) in [6.45, 7) is 2.63. The van der Waals surface area contributed by atoms with Crippen LogP contribution in [-0.4, -0.2) is 59.4 Å². The Morgan fingerprint density at radius 1 is 1.32 bits per heavy atom. The third-order valence-electron chi connectivity index (χ3n) is 5.46. The number of methoxy groups -OCH3 is 1. The Labute approximate surface area is 146 Å². The van der Waals surface area contributed by atoms with E-state index in [2.05, 4.69) is 11.5 Å². The van der Waals surface area contributed by atoms with Gasteiger partial charge in [-0.3, -0.25) is 14.6 Å². The van der Waals surface area contributed by atoms with E-state index in [-0.39, 0.29) is 18.5 Å². The normalized spacial score (nSPS) is 23.3. The predicted molar refractivity (Wildman–Crippen MR) is 89.7 cm³/mol. The van der Waals surface area contributed by atoms with Crippen molar-refractivity contribution in [1.82, 2.24) is 14.4 Å². The highest BCUT2D eigenvalue weighted by Gasteiger charge is 2.53. The van der Waals surface area contributed by atoms with Crippen molar-refractivity contribution in [3.8, 4) is 0 Å². The van der Waals surface area contributed by atoms with E-state index in [0.717, 1.165) is 24.5 Å². The Balaban J connectivity index is 1.75. The van der Waals surface area contributed by atoms with Crippen molar-refractivity contribution in [3.63, 3.8) is 0 Å². The van der Waals surface area contributed by atoms with Gasteiger partial charge in [-0.05, 0) is 32.6 Å². The van der Waals surface area contributed by atoms with Crippen molar-refractivity contribution in [3.05, 3.63) is 11.9 Å². The minimum atomic E-state index is -0.559. The first-order valence-corrected chi connectivity index (χ1v) is 8.84. The van der Waals surface area contributed by atoms with Gasteiger partial charge in [0.25, 0.3) is 5.91 Å². The number of aromatic nitrogens is 2. The van der Waals surface area contributed by atoms with Crippen LogP contribution in [0.1, 0.15) is 43.5 Å². The van der Waals surface area contributed by atoms with Crippen molar-refractivity contribution in [2.75, 3.05) is 27.3 Å². The van der Waals surface area contributed by atoms with Crippen LogP contribution < -0.4 is 4.57 Å². The van der Waals surface area contributed by atoms with E-state index < -0.39 is 6.04 Å². The molecule has 2 aliphatic heterocycles. The number of amidine groups is 1. The molecule has 0 N–H and O–H groups in total. The molecule has 2 fully saturated rings. The molecular weight excluding hydrogens is 322 g/mol. The van der Waals surface area contributed by atoms with E-state index in [9.17, 15) is 9.59 Å². The van der Waals surface area contributed by atoms with Gasteiger partial charge < -0.3 is 4.74 Å². The lowest BCUT2D eigenvalue weighted by molar-refractivity contribution is -0.677. The van der Waals surface area contributed by atoms with Crippen LogP contribution in [0.3, 0.4) is 0 Å². The van der Waals surface area contributed by atoms with Crippen molar-refractivity contribution in [1.29, 1.82) is 0 Å². The molecule has 1 saturated heterocycles. The molecule has 0 bridgehead atoms. The summed E-state index contributed by atoms with van der Waals surface area (Å²) in [5.41, 5.74) is 1.11. The number of nitrogens with zero attached hydrogens (tertiary/aromatic N) is 5. The van der Waals surface area contributed by atoms with Crippen molar-refractivity contribution < 1.29 is 18.9 Å². The second kappa shape index (κ2) is 5.94. The Morgan fingerprint density at radius 2 is 2.04 bits per heavy atom. The Kier molecular flexibility index (Phi) is 3.87. The molecule has 3 aliphatic rings. The molecule has 25 heavy (non-hydrogen) atoms. The number of aliphatic imine (C=N–C) groups is 1. The van der Waals surface area contributed by atoms with E-state index in [1.54, 1.807) is 14.2 Å². The zero-order valence-electron chi connectivity index (χ0n) is 14.9. The van der Waals surface area contributed by atoms with Gasteiger partial charge in [0.2, 0.25) is 11.9 Å². The van der Waals surface area contributed by atoms with Crippen molar-refractivity contribution >= 4 is 23.7 Å². The summed E-state index contributed by atoms with van der Waals surface area (Å²) in [7, 11) is 3.24. The van der Waals surface area contributed by atoms with Gasteiger partial charge in [-0.15, -0.1) is 0 Å². The third-order valence-corrected chi connectivity index (χ3v) is 5.46. The average Bonchev–Trinajstić information content (AvgIpc) is 3.28. The van der Waals surface area contributed by atoms with Gasteiger partial charge in [-0.25, -0.2) is 13.9 Å². The van der Waals surface area contributed by atoms with E-state index in [4.69, 9.17) is 9.73 Å². The van der Waals surface area contributed by atoms with Crippen LogP contribution in [-0.2, 0) is 9.53 Å². The molecule has 0 aromatic carbocycles. The topological polar surface area (TPSA) is 71.0 Å². The zero-order valence-corrected chi connectivity index (χ0v) is 14.9. The van der Waals surface area contributed by atoms with Gasteiger partial charge in [0.05, 0.1) is 19.2 Å². The Hall–Kier alpha value is -2.22. The standard InChI is InChI=1S/C17H24N5O3/c1-11-10-21-13-14(18-16(21)22(11)12-6-4-5-7-12)19(2)17(24)20(15(13)23)8-9-25-3/h10,12-13H,4-9H2,1-3H3/q+1. The fourth-order valence-electron chi connectivity index (χ4n) is 4.20. The molecule has 1 saturated carbocycles. The van der Waals surface area contributed by atoms with Gasteiger partial charge in [-0.1, -0.05) is 4.99 Å². The summed E-state index contributed by atoms with van der Waals surface area (Å²) in [5, 5.41) is 0.